The van der Waals surface area contributed by atoms with Crippen LogP contribution in [0.15, 0.2) is 30.3 Å². The van der Waals surface area contributed by atoms with Gasteiger partial charge in [-0.25, -0.2) is 0 Å². The first-order valence-corrected chi connectivity index (χ1v) is 9.86. The van der Waals surface area contributed by atoms with Gasteiger partial charge in [0.05, 0.1) is 22.2 Å². The highest BCUT2D eigenvalue weighted by molar-refractivity contribution is 6.42. The van der Waals surface area contributed by atoms with Crippen LogP contribution in [-0.4, -0.2) is 13.2 Å². The first-order chi connectivity index (χ1) is 12.6. The maximum Gasteiger partial charge on any atom is 0.180 e. The second-order valence-electron chi connectivity index (χ2n) is 6.51. The van der Waals surface area contributed by atoms with E-state index >= 15 is 0 Å². The van der Waals surface area contributed by atoms with E-state index in [2.05, 4.69) is 5.32 Å². The van der Waals surface area contributed by atoms with Gasteiger partial charge in [0, 0.05) is 12.6 Å². The van der Waals surface area contributed by atoms with Crippen LogP contribution in [0.25, 0.3) is 0 Å². The summed E-state index contributed by atoms with van der Waals surface area (Å²) in [7, 11) is 1.62. The molecule has 3 rings (SSSR count). The summed E-state index contributed by atoms with van der Waals surface area (Å²) < 4.78 is 11.4. The number of methoxy groups -OCH3 is 1. The molecule has 2 aromatic carbocycles. The van der Waals surface area contributed by atoms with Gasteiger partial charge in [-0.3, -0.25) is 0 Å². The molecule has 0 amide bonds. The summed E-state index contributed by atoms with van der Waals surface area (Å²) >= 11 is 18.4. The van der Waals surface area contributed by atoms with Gasteiger partial charge in [-0.2, -0.15) is 0 Å². The fraction of sp³-hybridized carbons (Fsp3) is 0.400. The number of halogens is 3. The molecule has 1 fully saturated rings. The molecule has 26 heavy (non-hydrogen) atoms. The van der Waals surface area contributed by atoms with Gasteiger partial charge in [0.1, 0.15) is 6.61 Å². The average molecular weight is 415 g/mol. The van der Waals surface area contributed by atoms with Gasteiger partial charge in [-0.15, -0.1) is 0 Å². The first-order valence-electron chi connectivity index (χ1n) is 8.73. The van der Waals surface area contributed by atoms with E-state index < -0.39 is 0 Å². The molecule has 0 saturated heterocycles. The molecule has 0 bridgehead atoms. The van der Waals surface area contributed by atoms with Crippen LogP contribution in [0.5, 0.6) is 11.5 Å². The third kappa shape index (κ3) is 4.98. The van der Waals surface area contributed by atoms with Gasteiger partial charge >= 0.3 is 0 Å². The van der Waals surface area contributed by atoms with Crippen LogP contribution in [0.2, 0.25) is 15.1 Å². The Morgan fingerprint density at radius 3 is 2.38 bits per heavy atom. The molecule has 0 spiro atoms. The highest BCUT2D eigenvalue weighted by atomic mass is 35.5. The van der Waals surface area contributed by atoms with Crippen molar-refractivity contribution >= 4 is 34.8 Å². The lowest BCUT2D eigenvalue weighted by atomic mass is 10.1. The molecule has 3 nitrogen and oxygen atoms in total. The predicted octanol–water partition coefficient (Wildman–Crippen LogP) is 6.27. The van der Waals surface area contributed by atoms with E-state index in [0.717, 1.165) is 17.7 Å². The van der Waals surface area contributed by atoms with E-state index in [9.17, 15) is 0 Å². The fourth-order valence-corrected chi connectivity index (χ4v) is 3.80. The molecule has 0 radical (unpaired) electrons. The third-order valence-electron chi connectivity index (χ3n) is 4.61. The lowest BCUT2D eigenvalue weighted by Gasteiger charge is -2.16. The second-order valence-corrected chi connectivity index (χ2v) is 7.73. The van der Waals surface area contributed by atoms with Crippen molar-refractivity contribution in [2.24, 2.45) is 0 Å². The van der Waals surface area contributed by atoms with Crippen molar-refractivity contribution in [2.75, 3.05) is 7.11 Å². The number of ether oxygens (including phenoxy) is 2. The second kappa shape index (κ2) is 9.18. The summed E-state index contributed by atoms with van der Waals surface area (Å²) in [6, 6.07) is 9.90. The summed E-state index contributed by atoms with van der Waals surface area (Å²) in [5.74, 6) is 1.16. The van der Waals surface area contributed by atoms with Crippen molar-refractivity contribution in [2.45, 2.75) is 44.9 Å². The summed E-state index contributed by atoms with van der Waals surface area (Å²) in [5.41, 5.74) is 1.99. The Hall–Kier alpha value is -1.13. The zero-order valence-corrected chi connectivity index (χ0v) is 16.9. The Morgan fingerprint density at radius 2 is 1.69 bits per heavy atom. The molecule has 0 heterocycles. The molecule has 0 aliphatic heterocycles. The third-order valence-corrected chi connectivity index (χ3v) is 5.63. The van der Waals surface area contributed by atoms with E-state index in [1.165, 1.54) is 25.7 Å². The van der Waals surface area contributed by atoms with Crippen molar-refractivity contribution in [3.05, 3.63) is 56.5 Å². The van der Waals surface area contributed by atoms with Gasteiger partial charge in [0.2, 0.25) is 0 Å². The van der Waals surface area contributed by atoms with Crippen molar-refractivity contribution in [1.82, 2.24) is 5.32 Å². The van der Waals surface area contributed by atoms with Crippen molar-refractivity contribution in [3.8, 4) is 11.5 Å². The molecule has 6 heteroatoms. The minimum atomic E-state index is 0.326. The summed E-state index contributed by atoms with van der Waals surface area (Å²) in [5, 5.41) is 5.14. The number of rotatable bonds is 7. The van der Waals surface area contributed by atoms with E-state index in [-0.39, 0.29) is 0 Å². The molecule has 2 aromatic rings. The number of hydrogen-bond donors (Lipinski definition) is 1. The predicted molar refractivity (Wildman–Crippen MR) is 108 cm³/mol. The summed E-state index contributed by atoms with van der Waals surface area (Å²) in [6.45, 7) is 1.10. The van der Waals surface area contributed by atoms with Gasteiger partial charge in [-0.1, -0.05) is 53.7 Å². The fourth-order valence-electron chi connectivity index (χ4n) is 3.19. The Balaban J connectivity index is 1.68. The van der Waals surface area contributed by atoms with Crippen molar-refractivity contribution < 1.29 is 9.47 Å². The smallest absolute Gasteiger partial charge is 0.180 e. The molecule has 1 aliphatic rings. The highest BCUT2D eigenvalue weighted by Gasteiger charge is 2.16. The zero-order valence-electron chi connectivity index (χ0n) is 14.7. The first kappa shape index (κ1) is 19.6. The number of nitrogens with one attached hydrogen (secondary N) is 1. The van der Waals surface area contributed by atoms with Crippen LogP contribution in [0.1, 0.15) is 36.8 Å². The molecule has 0 aromatic heterocycles. The largest absolute Gasteiger partial charge is 0.493 e. The van der Waals surface area contributed by atoms with Gasteiger partial charge in [-0.05, 0) is 48.2 Å². The minimum Gasteiger partial charge on any atom is -0.493 e. The zero-order chi connectivity index (χ0) is 18.5. The monoisotopic (exact) mass is 413 g/mol. The molecule has 0 atom stereocenters. The molecular formula is C20H22Cl3NO2. The molecular weight excluding hydrogens is 393 g/mol. The molecule has 0 unspecified atom stereocenters. The molecule has 140 valence electrons. The van der Waals surface area contributed by atoms with Crippen LogP contribution >= 0.6 is 34.8 Å². The van der Waals surface area contributed by atoms with Crippen molar-refractivity contribution in [1.29, 1.82) is 0 Å². The quantitative estimate of drug-likeness (QED) is 0.579. The van der Waals surface area contributed by atoms with Gasteiger partial charge in [0.15, 0.2) is 11.5 Å². The van der Waals surface area contributed by atoms with Crippen LogP contribution < -0.4 is 14.8 Å². The summed E-state index contributed by atoms with van der Waals surface area (Å²) in [4.78, 5) is 0. The van der Waals surface area contributed by atoms with Gasteiger partial charge in [0.25, 0.3) is 0 Å². The van der Waals surface area contributed by atoms with Crippen LogP contribution in [0.3, 0.4) is 0 Å². The summed E-state index contributed by atoms with van der Waals surface area (Å²) in [6.07, 6.45) is 5.11. The van der Waals surface area contributed by atoms with Crippen LogP contribution in [0.4, 0.5) is 0 Å². The maximum atomic E-state index is 6.45. The van der Waals surface area contributed by atoms with Gasteiger partial charge < -0.3 is 14.8 Å². The lowest BCUT2D eigenvalue weighted by molar-refractivity contribution is 0.284. The topological polar surface area (TPSA) is 30.5 Å². The Kier molecular flexibility index (Phi) is 6.93. The van der Waals surface area contributed by atoms with E-state index in [1.807, 2.05) is 18.2 Å². The highest BCUT2D eigenvalue weighted by Crippen LogP contribution is 2.37. The van der Waals surface area contributed by atoms with E-state index in [4.69, 9.17) is 44.3 Å². The number of hydrogen-bond acceptors (Lipinski definition) is 3. The Bertz CT molecular complexity index is 761. The minimum absolute atomic E-state index is 0.326. The number of benzene rings is 2. The molecule has 1 saturated carbocycles. The van der Waals surface area contributed by atoms with Crippen LogP contribution in [-0.2, 0) is 13.2 Å². The molecule has 1 aliphatic carbocycles. The van der Waals surface area contributed by atoms with Crippen molar-refractivity contribution in [3.63, 3.8) is 0 Å². The normalized spacial score (nSPS) is 14.6. The maximum absolute atomic E-state index is 6.45. The Labute approximate surface area is 169 Å². The molecule has 1 N–H and O–H groups in total. The van der Waals surface area contributed by atoms with E-state index in [0.29, 0.717) is 39.2 Å². The SMILES string of the molecule is COc1cc(CNC2CCCC2)cc(Cl)c1OCc1ccc(Cl)c(Cl)c1. The van der Waals surface area contributed by atoms with Crippen LogP contribution in [0, 0.1) is 0 Å². The lowest BCUT2D eigenvalue weighted by Crippen LogP contribution is -2.25. The standard InChI is InChI=1S/C20H22Cl3NO2/c1-25-19-10-14(11-24-15-4-2-3-5-15)9-18(23)20(19)26-12-13-6-7-16(21)17(22)8-13/h6-10,15,24H,2-5,11-12H2,1H3. The average Bonchev–Trinajstić information content (AvgIpc) is 3.15. The van der Waals surface area contributed by atoms with E-state index in [1.54, 1.807) is 19.2 Å². The Morgan fingerprint density at radius 1 is 0.962 bits per heavy atom.